The van der Waals surface area contributed by atoms with Gasteiger partial charge in [-0.05, 0) is 26.3 Å². The molecule has 22 heavy (non-hydrogen) atoms. The van der Waals surface area contributed by atoms with Crippen LogP contribution in [0.15, 0.2) is 25.2 Å². The van der Waals surface area contributed by atoms with Crippen LogP contribution in [0.25, 0.3) is 0 Å². The number of carboxylic acid groups (broad SMARTS) is 1. The van der Waals surface area contributed by atoms with Crippen molar-refractivity contribution in [2.75, 3.05) is 0 Å². The van der Waals surface area contributed by atoms with Gasteiger partial charge in [0.25, 0.3) is 0 Å². The third kappa shape index (κ3) is 6.13. The van der Waals surface area contributed by atoms with Crippen LogP contribution in [-0.2, 0) is 20.8 Å². The fraction of sp³-hybridized carbons (Fsp3) is 0.429. The summed E-state index contributed by atoms with van der Waals surface area (Å²) in [5, 5.41) is 13.6. The summed E-state index contributed by atoms with van der Waals surface area (Å²) in [6.45, 7) is 6.33. The average Bonchev–Trinajstić information content (AvgIpc) is 2.89. The van der Waals surface area contributed by atoms with E-state index in [2.05, 4.69) is 21.9 Å². The Morgan fingerprint density at radius 1 is 1.50 bits per heavy atom. The van der Waals surface area contributed by atoms with Crippen LogP contribution in [0.3, 0.4) is 0 Å². The van der Waals surface area contributed by atoms with Gasteiger partial charge in [-0.1, -0.05) is 6.58 Å². The van der Waals surface area contributed by atoms with Crippen molar-refractivity contribution in [3.05, 3.63) is 30.9 Å². The molecule has 0 aromatic carbocycles. The number of nitrogens with one attached hydrogen (secondary N) is 2. The van der Waals surface area contributed by atoms with E-state index in [4.69, 9.17) is 0 Å². The zero-order chi connectivity index (χ0) is 16.0. The van der Waals surface area contributed by atoms with Crippen molar-refractivity contribution in [1.82, 2.24) is 15.3 Å². The summed E-state index contributed by atoms with van der Waals surface area (Å²) >= 11 is 0. The molecule has 1 rings (SSSR count). The SMILES string of the molecule is C=CC(=O)NC(C)(C)C(=O)CC(Cc1cnc[nH]1)C(=O)[O-].[Na+]. The first-order valence-corrected chi connectivity index (χ1v) is 6.42. The Morgan fingerprint density at radius 2 is 2.14 bits per heavy atom. The van der Waals surface area contributed by atoms with Gasteiger partial charge in [0.2, 0.25) is 5.91 Å². The Kier molecular flexibility index (Phi) is 8.29. The summed E-state index contributed by atoms with van der Waals surface area (Å²) in [6, 6.07) is 0. The van der Waals surface area contributed by atoms with Crippen molar-refractivity contribution < 1.29 is 49.0 Å². The molecule has 1 atom stereocenters. The molecule has 114 valence electrons. The monoisotopic (exact) mass is 315 g/mol. The number of aromatic nitrogens is 2. The first kappa shape index (κ1) is 20.6. The van der Waals surface area contributed by atoms with Gasteiger partial charge in [0.05, 0.1) is 11.9 Å². The number of rotatable bonds is 8. The molecule has 0 bridgehead atoms. The Morgan fingerprint density at radius 3 is 2.59 bits per heavy atom. The van der Waals surface area contributed by atoms with Crippen LogP contribution < -0.4 is 40.0 Å². The third-order valence-corrected chi connectivity index (χ3v) is 3.10. The molecule has 1 unspecified atom stereocenters. The number of hydrogen-bond donors (Lipinski definition) is 2. The quantitative estimate of drug-likeness (QED) is 0.379. The van der Waals surface area contributed by atoms with E-state index in [0.717, 1.165) is 6.08 Å². The predicted molar refractivity (Wildman–Crippen MR) is 72.8 cm³/mol. The van der Waals surface area contributed by atoms with E-state index in [1.807, 2.05) is 0 Å². The van der Waals surface area contributed by atoms with Crippen LogP contribution >= 0.6 is 0 Å². The molecule has 0 aliphatic carbocycles. The molecule has 0 radical (unpaired) electrons. The minimum absolute atomic E-state index is 0. The van der Waals surface area contributed by atoms with Gasteiger partial charge in [-0.15, -0.1) is 0 Å². The zero-order valence-corrected chi connectivity index (χ0v) is 15.0. The topological polar surface area (TPSA) is 115 Å². The number of aromatic amines is 1. The number of carboxylic acids is 1. The maximum atomic E-state index is 12.2. The summed E-state index contributed by atoms with van der Waals surface area (Å²) in [4.78, 5) is 41.2. The zero-order valence-electron chi connectivity index (χ0n) is 13.0. The van der Waals surface area contributed by atoms with Gasteiger partial charge in [0.15, 0.2) is 5.78 Å². The van der Waals surface area contributed by atoms with E-state index in [0.29, 0.717) is 5.69 Å². The van der Waals surface area contributed by atoms with Crippen molar-refractivity contribution in [2.24, 2.45) is 5.92 Å². The molecule has 2 N–H and O–H groups in total. The smallest absolute Gasteiger partial charge is 0.550 e. The predicted octanol–water partition coefficient (Wildman–Crippen LogP) is -3.64. The molecule has 1 aromatic rings. The molecular weight excluding hydrogens is 297 g/mol. The number of ketones is 1. The molecule has 0 fully saturated rings. The van der Waals surface area contributed by atoms with E-state index in [9.17, 15) is 19.5 Å². The van der Waals surface area contributed by atoms with Gasteiger partial charge in [-0.2, -0.15) is 0 Å². The maximum absolute atomic E-state index is 12.2. The molecule has 1 amide bonds. The summed E-state index contributed by atoms with van der Waals surface area (Å²) < 4.78 is 0. The molecule has 0 saturated carbocycles. The number of imidazole rings is 1. The average molecular weight is 315 g/mol. The number of H-pyrrole nitrogens is 1. The maximum Gasteiger partial charge on any atom is 1.00 e. The van der Waals surface area contributed by atoms with Crippen molar-refractivity contribution in [3.8, 4) is 0 Å². The second-order valence-corrected chi connectivity index (χ2v) is 5.24. The van der Waals surface area contributed by atoms with Crippen molar-refractivity contribution >= 4 is 17.7 Å². The van der Waals surface area contributed by atoms with E-state index in [1.54, 1.807) is 0 Å². The van der Waals surface area contributed by atoms with Crippen LogP contribution in [0, 0.1) is 5.92 Å². The molecule has 0 saturated heterocycles. The Bertz CT molecular complexity index is 540. The summed E-state index contributed by atoms with van der Waals surface area (Å²) in [5.41, 5.74) is -0.572. The molecule has 0 spiro atoms. The first-order valence-electron chi connectivity index (χ1n) is 6.42. The van der Waals surface area contributed by atoms with Gasteiger partial charge >= 0.3 is 29.6 Å². The van der Waals surface area contributed by atoms with Crippen LogP contribution in [0.1, 0.15) is 26.0 Å². The number of amides is 1. The second kappa shape index (κ2) is 8.87. The number of hydrogen-bond acceptors (Lipinski definition) is 5. The van der Waals surface area contributed by atoms with Gasteiger partial charge in [-0.3, -0.25) is 9.59 Å². The van der Waals surface area contributed by atoms with E-state index >= 15 is 0 Å². The molecular formula is C14H18N3NaO4. The van der Waals surface area contributed by atoms with Crippen molar-refractivity contribution in [1.29, 1.82) is 0 Å². The van der Waals surface area contributed by atoms with Gasteiger partial charge in [0.1, 0.15) is 0 Å². The molecule has 0 aliphatic heterocycles. The largest absolute Gasteiger partial charge is 1.00 e. The summed E-state index contributed by atoms with van der Waals surface area (Å²) in [6.07, 6.45) is 3.84. The first-order chi connectivity index (χ1) is 9.76. The Hall–Kier alpha value is -1.44. The number of aliphatic carboxylic acids is 1. The van der Waals surface area contributed by atoms with Crippen LogP contribution in [0.5, 0.6) is 0 Å². The minimum Gasteiger partial charge on any atom is -0.550 e. The summed E-state index contributed by atoms with van der Waals surface area (Å²) in [7, 11) is 0. The van der Waals surface area contributed by atoms with Gasteiger partial charge in [-0.25, -0.2) is 4.98 Å². The number of nitrogens with zero attached hydrogens (tertiary/aromatic N) is 1. The van der Waals surface area contributed by atoms with Gasteiger partial charge in [0, 0.05) is 30.2 Å². The Labute approximate surface area is 150 Å². The van der Waals surface area contributed by atoms with Gasteiger partial charge < -0.3 is 20.2 Å². The van der Waals surface area contributed by atoms with Crippen LogP contribution in [-0.4, -0.2) is 33.2 Å². The number of Topliss-reactive ketones (excluding diaryl/α,β-unsaturated/α-hetero) is 1. The molecule has 7 nitrogen and oxygen atoms in total. The van der Waals surface area contributed by atoms with E-state index in [1.165, 1.54) is 26.4 Å². The Balaban J connectivity index is 0.00000441. The third-order valence-electron chi connectivity index (χ3n) is 3.10. The van der Waals surface area contributed by atoms with E-state index < -0.39 is 29.1 Å². The normalized spacial score (nSPS) is 11.9. The molecule has 8 heteroatoms. The molecule has 0 aliphatic rings. The van der Waals surface area contributed by atoms with Crippen molar-refractivity contribution in [2.45, 2.75) is 32.2 Å². The van der Waals surface area contributed by atoms with E-state index in [-0.39, 0.29) is 42.4 Å². The second-order valence-electron chi connectivity index (χ2n) is 5.24. The molecule has 1 heterocycles. The number of carbonyl (C=O) groups excluding carboxylic acids is 3. The molecule has 1 aromatic heterocycles. The van der Waals surface area contributed by atoms with Crippen molar-refractivity contribution in [3.63, 3.8) is 0 Å². The fourth-order valence-electron chi connectivity index (χ4n) is 1.81. The van der Waals surface area contributed by atoms with Crippen LogP contribution in [0.2, 0.25) is 0 Å². The van der Waals surface area contributed by atoms with Crippen LogP contribution in [0.4, 0.5) is 0 Å². The minimum atomic E-state index is -1.32. The number of carbonyl (C=O) groups is 3. The fourth-order valence-corrected chi connectivity index (χ4v) is 1.81. The standard InChI is InChI=1S/C14H19N3O4.Na/c1-4-12(19)17-14(2,3)11(18)6-9(13(20)21)5-10-7-15-8-16-10;/h4,7-9H,1,5-6H2,2-3H3,(H,15,16)(H,17,19)(H,20,21);/q;+1/p-1. The summed E-state index contributed by atoms with van der Waals surface area (Å²) in [5.74, 6) is -3.19.